The second kappa shape index (κ2) is 8.61. The summed E-state index contributed by atoms with van der Waals surface area (Å²) < 4.78 is 31.7. The van der Waals surface area contributed by atoms with E-state index >= 15 is 0 Å². The molecule has 2 aliphatic heterocycles. The first kappa shape index (κ1) is 22.0. The number of aliphatic carboxylic acids is 1. The molecule has 0 bridgehead atoms. The van der Waals surface area contributed by atoms with Crippen LogP contribution in [0.25, 0.3) is 0 Å². The summed E-state index contributed by atoms with van der Waals surface area (Å²) in [5, 5.41) is 7.12. The molecule has 3 aliphatic rings. The van der Waals surface area contributed by atoms with Crippen molar-refractivity contribution in [2.75, 3.05) is 18.0 Å². The Balaban J connectivity index is 0.000000318. The number of hydrogen-bond acceptors (Lipinski definition) is 4. The number of carbonyl (C=O) groups excluding carboxylic acids is 2. The molecule has 0 radical (unpaired) electrons. The predicted octanol–water partition coefficient (Wildman–Crippen LogP) is 3.00. The van der Waals surface area contributed by atoms with Gasteiger partial charge in [-0.1, -0.05) is 6.42 Å². The van der Waals surface area contributed by atoms with Crippen LogP contribution < -0.4 is 4.90 Å². The number of pyridine rings is 1. The lowest BCUT2D eigenvalue weighted by Gasteiger charge is -2.46. The lowest BCUT2D eigenvalue weighted by atomic mass is 9.80. The first-order valence-electron chi connectivity index (χ1n) is 9.96. The molecule has 1 aromatic rings. The van der Waals surface area contributed by atoms with Crippen LogP contribution in [0.4, 0.5) is 18.9 Å². The van der Waals surface area contributed by atoms with E-state index in [1.807, 2.05) is 17.0 Å². The number of alkyl halides is 3. The number of nitrogens with zero attached hydrogens (tertiary/aromatic N) is 3. The van der Waals surface area contributed by atoms with Crippen LogP contribution in [0.1, 0.15) is 44.9 Å². The molecule has 0 aromatic carbocycles. The van der Waals surface area contributed by atoms with E-state index in [0.29, 0.717) is 13.0 Å². The number of anilines is 1. The summed E-state index contributed by atoms with van der Waals surface area (Å²) in [5.41, 5.74) is 0.550. The van der Waals surface area contributed by atoms with Crippen molar-refractivity contribution in [2.24, 2.45) is 5.92 Å². The Labute approximate surface area is 171 Å². The zero-order valence-electron chi connectivity index (χ0n) is 16.4. The van der Waals surface area contributed by atoms with Crippen molar-refractivity contribution in [2.45, 2.75) is 56.7 Å². The highest BCUT2D eigenvalue weighted by molar-refractivity contribution is 5.97. The molecule has 30 heavy (non-hydrogen) atoms. The summed E-state index contributed by atoms with van der Waals surface area (Å²) in [7, 11) is 0. The molecule has 1 saturated carbocycles. The molecule has 2 amide bonds. The summed E-state index contributed by atoms with van der Waals surface area (Å²) in [5.74, 6) is -2.15. The topological polar surface area (TPSA) is 90.8 Å². The van der Waals surface area contributed by atoms with Crippen molar-refractivity contribution < 1.29 is 32.7 Å². The molecule has 2 saturated heterocycles. The molecule has 1 aromatic heterocycles. The lowest BCUT2D eigenvalue weighted by Crippen LogP contribution is -2.58. The van der Waals surface area contributed by atoms with E-state index in [4.69, 9.17) is 9.90 Å². The molecule has 1 unspecified atom stereocenters. The Morgan fingerprint density at radius 2 is 1.90 bits per heavy atom. The van der Waals surface area contributed by atoms with E-state index in [1.165, 1.54) is 0 Å². The van der Waals surface area contributed by atoms with Crippen LogP contribution in [0.15, 0.2) is 24.5 Å². The van der Waals surface area contributed by atoms with Crippen LogP contribution in [0.3, 0.4) is 0 Å². The van der Waals surface area contributed by atoms with Gasteiger partial charge in [0.2, 0.25) is 11.8 Å². The fourth-order valence-electron chi connectivity index (χ4n) is 4.23. The third-order valence-electron chi connectivity index (χ3n) is 6.00. The fourth-order valence-corrected chi connectivity index (χ4v) is 4.23. The van der Waals surface area contributed by atoms with Gasteiger partial charge in [-0.25, -0.2) is 4.79 Å². The zero-order valence-corrected chi connectivity index (χ0v) is 16.4. The second-order valence-corrected chi connectivity index (χ2v) is 7.97. The number of piperidine rings is 1. The SMILES string of the molecule is O=C(O)C(F)(F)F.O=C1CC2(CCCCN2C(=O)C2CCC2)CN1c1cccnc1. The van der Waals surface area contributed by atoms with Crippen LogP contribution in [-0.4, -0.2) is 57.6 Å². The molecular weight excluding hydrogens is 403 g/mol. The fraction of sp³-hybridized carbons (Fsp3) is 0.600. The van der Waals surface area contributed by atoms with E-state index < -0.39 is 12.1 Å². The van der Waals surface area contributed by atoms with Gasteiger partial charge in [-0.15, -0.1) is 0 Å². The minimum Gasteiger partial charge on any atom is -0.475 e. The molecular formula is C20H24F3N3O4. The lowest BCUT2D eigenvalue weighted by molar-refractivity contribution is -0.192. The maximum absolute atomic E-state index is 12.9. The molecule has 4 rings (SSSR count). The molecule has 1 spiro atoms. The third kappa shape index (κ3) is 4.57. The van der Waals surface area contributed by atoms with Crippen molar-refractivity contribution in [1.29, 1.82) is 0 Å². The number of carboxylic acids is 1. The van der Waals surface area contributed by atoms with Gasteiger partial charge in [0.05, 0.1) is 23.8 Å². The number of carbonyl (C=O) groups is 3. The van der Waals surface area contributed by atoms with Gasteiger partial charge < -0.3 is 14.9 Å². The predicted molar refractivity (Wildman–Crippen MR) is 101 cm³/mol. The van der Waals surface area contributed by atoms with E-state index in [1.54, 1.807) is 12.4 Å². The molecule has 7 nitrogen and oxygen atoms in total. The number of carboxylic acid groups (broad SMARTS) is 1. The van der Waals surface area contributed by atoms with Gasteiger partial charge in [-0.05, 0) is 44.2 Å². The summed E-state index contributed by atoms with van der Waals surface area (Å²) >= 11 is 0. The Kier molecular flexibility index (Phi) is 6.33. The summed E-state index contributed by atoms with van der Waals surface area (Å²) in [6.07, 6.45) is 5.12. The number of aromatic nitrogens is 1. The minimum absolute atomic E-state index is 0.117. The molecule has 1 atom stereocenters. The first-order chi connectivity index (χ1) is 14.1. The number of hydrogen-bond donors (Lipinski definition) is 1. The largest absolute Gasteiger partial charge is 0.490 e. The average molecular weight is 427 g/mol. The Hall–Kier alpha value is -2.65. The number of rotatable bonds is 2. The first-order valence-corrected chi connectivity index (χ1v) is 9.96. The van der Waals surface area contributed by atoms with Crippen LogP contribution in [0.5, 0.6) is 0 Å². The van der Waals surface area contributed by atoms with Crippen molar-refractivity contribution in [3.8, 4) is 0 Å². The van der Waals surface area contributed by atoms with Crippen molar-refractivity contribution in [1.82, 2.24) is 9.88 Å². The summed E-state index contributed by atoms with van der Waals surface area (Å²) in [6.45, 7) is 1.43. The van der Waals surface area contributed by atoms with E-state index in [0.717, 1.165) is 50.8 Å². The highest BCUT2D eigenvalue weighted by Crippen LogP contribution is 2.41. The van der Waals surface area contributed by atoms with Crippen LogP contribution in [0, 0.1) is 5.92 Å². The van der Waals surface area contributed by atoms with Crippen LogP contribution >= 0.6 is 0 Å². The quantitative estimate of drug-likeness (QED) is 0.784. The molecule has 10 heteroatoms. The monoisotopic (exact) mass is 427 g/mol. The third-order valence-corrected chi connectivity index (χ3v) is 6.00. The summed E-state index contributed by atoms with van der Waals surface area (Å²) in [6, 6.07) is 3.77. The average Bonchev–Trinajstić information content (AvgIpc) is 2.97. The molecule has 164 valence electrons. The highest BCUT2D eigenvalue weighted by atomic mass is 19.4. The van der Waals surface area contributed by atoms with E-state index in [-0.39, 0.29) is 23.3 Å². The Morgan fingerprint density at radius 3 is 2.43 bits per heavy atom. The van der Waals surface area contributed by atoms with Crippen molar-refractivity contribution >= 4 is 23.5 Å². The molecule has 1 aliphatic carbocycles. The maximum Gasteiger partial charge on any atom is 0.490 e. The Morgan fingerprint density at radius 1 is 1.20 bits per heavy atom. The van der Waals surface area contributed by atoms with Gasteiger partial charge in [-0.2, -0.15) is 13.2 Å². The standard InChI is InChI=1S/C18H23N3O2.C2HF3O2/c22-16-11-18(13-20(16)15-7-4-9-19-12-15)8-1-2-10-21(18)17(23)14-5-3-6-14;3-2(4,5)1(6)7/h4,7,9,12,14H,1-3,5-6,8,10-11,13H2;(H,6,7). The number of halogens is 3. The van der Waals surface area contributed by atoms with Gasteiger partial charge in [-0.3, -0.25) is 14.6 Å². The molecule has 3 heterocycles. The smallest absolute Gasteiger partial charge is 0.475 e. The second-order valence-electron chi connectivity index (χ2n) is 7.97. The van der Waals surface area contributed by atoms with Gasteiger partial charge in [0.15, 0.2) is 0 Å². The Bertz CT molecular complexity index is 798. The summed E-state index contributed by atoms with van der Waals surface area (Å²) in [4.78, 5) is 42.4. The van der Waals surface area contributed by atoms with Gasteiger partial charge in [0.1, 0.15) is 0 Å². The molecule has 1 N–H and O–H groups in total. The normalized spacial score (nSPS) is 24.3. The molecule has 3 fully saturated rings. The van der Waals surface area contributed by atoms with Crippen molar-refractivity contribution in [3.63, 3.8) is 0 Å². The zero-order chi connectivity index (χ0) is 21.9. The van der Waals surface area contributed by atoms with E-state index in [9.17, 15) is 22.8 Å². The number of amides is 2. The minimum atomic E-state index is -5.08. The highest BCUT2D eigenvalue weighted by Gasteiger charge is 2.51. The van der Waals surface area contributed by atoms with Crippen LogP contribution in [-0.2, 0) is 14.4 Å². The maximum atomic E-state index is 12.9. The number of likely N-dealkylation sites (tertiary alicyclic amines) is 1. The van der Waals surface area contributed by atoms with E-state index in [2.05, 4.69) is 9.88 Å². The van der Waals surface area contributed by atoms with Crippen LogP contribution in [0.2, 0.25) is 0 Å². The van der Waals surface area contributed by atoms with Gasteiger partial charge >= 0.3 is 12.1 Å². The van der Waals surface area contributed by atoms with Gasteiger partial charge in [0.25, 0.3) is 0 Å². The van der Waals surface area contributed by atoms with Crippen molar-refractivity contribution in [3.05, 3.63) is 24.5 Å². The van der Waals surface area contributed by atoms with Gasteiger partial charge in [0, 0.05) is 25.2 Å².